The van der Waals surface area contributed by atoms with Crippen molar-refractivity contribution in [2.45, 2.75) is 38.3 Å². The maximum atomic E-state index is 10.7. The quantitative estimate of drug-likeness (QED) is 0.921. The van der Waals surface area contributed by atoms with Gasteiger partial charge in [-0.15, -0.1) is 0 Å². The molecule has 0 aromatic heterocycles. The molecule has 108 valence electrons. The maximum absolute atomic E-state index is 10.7. The summed E-state index contributed by atoms with van der Waals surface area (Å²) in [6.07, 6.45) is 1.23. The molecule has 20 heavy (non-hydrogen) atoms. The summed E-state index contributed by atoms with van der Waals surface area (Å²) in [5, 5.41) is 8.85. The summed E-state index contributed by atoms with van der Waals surface area (Å²) >= 11 is 0. The van der Waals surface area contributed by atoms with E-state index in [1.165, 1.54) is 5.56 Å². The van der Waals surface area contributed by atoms with E-state index in [1.54, 1.807) is 0 Å². The molecule has 0 radical (unpaired) electrons. The van der Waals surface area contributed by atoms with Gasteiger partial charge in [-0.2, -0.15) is 0 Å². The highest BCUT2D eigenvalue weighted by Gasteiger charge is 2.41. The first-order chi connectivity index (χ1) is 9.44. The number of likely N-dealkylation sites (tertiary alicyclic amines) is 1. The van der Waals surface area contributed by atoms with E-state index in [0.29, 0.717) is 12.0 Å². The van der Waals surface area contributed by atoms with Crippen molar-refractivity contribution in [2.24, 2.45) is 5.92 Å². The fraction of sp³-hybridized carbons (Fsp3) is 0.562. The predicted octanol–water partition coefficient (Wildman–Crippen LogP) is 2.70. The second kappa shape index (κ2) is 4.77. The van der Waals surface area contributed by atoms with Crippen molar-refractivity contribution in [1.29, 1.82) is 0 Å². The molecule has 4 nitrogen and oxygen atoms in total. The number of carbonyl (C=O) groups is 1. The molecule has 0 saturated carbocycles. The molecule has 0 bridgehead atoms. The van der Waals surface area contributed by atoms with E-state index >= 15 is 0 Å². The van der Waals surface area contributed by atoms with Gasteiger partial charge in [0.15, 0.2) is 0 Å². The molecule has 0 amide bonds. The number of benzene rings is 1. The van der Waals surface area contributed by atoms with Gasteiger partial charge in [0.25, 0.3) is 0 Å². The molecule has 4 heteroatoms. The molecule has 1 unspecified atom stereocenters. The molecule has 1 aromatic carbocycles. The summed E-state index contributed by atoms with van der Waals surface area (Å²) in [5.41, 5.74) is 1.07. The molecular weight excluding hydrogens is 254 g/mol. The van der Waals surface area contributed by atoms with E-state index in [2.05, 4.69) is 24.8 Å². The largest absolute Gasteiger partial charge is 0.487 e. The van der Waals surface area contributed by atoms with Gasteiger partial charge >= 0.3 is 5.97 Å². The van der Waals surface area contributed by atoms with Crippen LogP contribution in [0.4, 0.5) is 0 Å². The smallest absolute Gasteiger partial charge is 0.303 e. The van der Waals surface area contributed by atoms with Crippen LogP contribution in [0.5, 0.6) is 5.75 Å². The molecule has 0 aliphatic carbocycles. The van der Waals surface area contributed by atoms with Crippen LogP contribution in [0.3, 0.4) is 0 Å². The minimum absolute atomic E-state index is 0.170. The van der Waals surface area contributed by atoms with E-state index in [-0.39, 0.29) is 12.0 Å². The van der Waals surface area contributed by atoms with E-state index in [1.807, 2.05) is 18.2 Å². The third-order valence-electron chi connectivity index (χ3n) is 4.24. The first kappa shape index (κ1) is 13.4. The Morgan fingerprint density at radius 2 is 2.10 bits per heavy atom. The SMILES string of the molecule is CC1(C)CC(N2CC(CC(=O)O)C2)c2ccccc2O1. The van der Waals surface area contributed by atoms with Gasteiger partial charge in [-0.1, -0.05) is 18.2 Å². The summed E-state index contributed by atoms with van der Waals surface area (Å²) in [7, 11) is 0. The van der Waals surface area contributed by atoms with Crippen LogP contribution in [-0.4, -0.2) is 34.7 Å². The van der Waals surface area contributed by atoms with Crippen molar-refractivity contribution in [3.63, 3.8) is 0 Å². The Labute approximate surface area is 119 Å². The molecule has 3 rings (SSSR count). The lowest BCUT2D eigenvalue weighted by Crippen LogP contribution is -2.52. The van der Waals surface area contributed by atoms with Gasteiger partial charge in [-0.25, -0.2) is 0 Å². The monoisotopic (exact) mass is 275 g/mol. The minimum atomic E-state index is -0.692. The number of ether oxygens (including phenoxy) is 1. The van der Waals surface area contributed by atoms with Crippen molar-refractivity contribution in [3.8, 4) is 5.75 Å². The first-order valence-electron chi connectivity index (χ1n) is 7.18. The Hall–Kier alpha value is -1.55. The number of para-hydroxylation sites is 1. The van der Waals surface area contributed by atoms with Crippen molar-refractivity contribution in [1.82, 2.24) is 4.90 Å². The van der Waals surface area contributed by atoms with Crippen LogP contribution >= 0.6 is 0 Å². The Balaban J connectivity index is 1.76. The fourth-order valence-corrected chi connectivity index (χ4v) is 3.33. The number of carboxylic acids is 1. The van der Waals surface area contributed by atoms with E-state index in [4.69, 9.17) is 9.84 Å². The second-order valence-electron chi connectivity index (χ2n) is 6.54. The Morgan fingerprint density at radius 1 is 1.40 bits per heavy atom. The van der Waals surface area contributed by atoms with Crippen LogP contribution in [0.15, 0.2) is 24.3 Å². The van der Waals surface area contributed by atoms with E-state index < -0.39 is 5.97 Å². The van der Waals surface area contributed by atoms with Crippen LogP contribution < -0.4 is 4.74 Å². The summed E-state index contributed by atoms with van der Waals surface area (Å²) in [4.78, 5) is 13.1. The number of carboxylic acid groups (broad SMARTS) is 1. The molecule has 1 saturated heterocycles. The number of nitrogens with zero attached hydrogens (tertiary/aromatic N) is 1. The van der Waals surface area contributed by atoms with Crippen molar-refractivity contribution < 1.29 is 14.6 Å². The molecule has 0 spiro atoms. The Kier molecular flexibility index (Phi) is 3.21. The summed E-state index contributed by atoms with van der Waals surface area (Å²) < 4.78 is 6.04. The normalized spacial score (nSPS) is 25.4. The predicted molar refractivity (Wildman–Crippen MR) is 75.8 cm³/mol. The summed E-state index contributed by atoms with van der Waals surface area (Å²) in [6.45, 7) is 5.98. The lowest BCUT2D eigenvalue weighted by Gasteiger charge is -2.49. The third kappa shape index (κ3) is 2.52. The van der Waals surface area contributed by atoms with Crippen LogP contribution in [0, 0.1) is 5.92 Å². The van der Waals surface area contributed by atoms with Gasteiger partial charge in [0.05, 0.1) is 6.42 Å². The topological polar surface area (TPSA) is 49.8 Å². The molecule has 1 N–H and O–H groups in total. The minimum Gasteiger partial charge on any atom is -0.487 e. The number of fused-ring (bicyclic) bond motifs is 1. The van der Waals surface area contributed by atoms with Gasteiger partial charge in [-0.3, -0.25) is 9.69 Å². The Bertz CT molecular complexity index is 520. The third-order valence-corrected chi connectivity index (χ3v) is 4.24. The highest BCUT2D eigenvalue weighted by atomic mass is 16.5. The maximum Gasteiger partial charge on any atom is 0.303 e. The average Bonchev–Trinajstić information content (AvgIpc) is 2.31. The van der Waals surface area contributed by atoms with Crippen molar-refractivity contribution in [2.75, 3.05) is 13.1 Å². The summed E-state index contributed by atoms with van der Waals surface area (Å²) in [6, 6.07) is 8.54. The number of hydrogen-bond donors (Lipinski definition) is 1. The van der Waals surface area contributed by atoms with Crippen molar-refractivity contribution in [3.05, 3.63) is 29.8 Å². The van der Waals surface area contributed by atoms with Gasteiger partial charge in [0.2, 0.25) is 0 Å². The molecule has 2 heterocycles. The van der Waals surface area contributed by atoms with Gasteiger partial charge < -0.3 is 9.84 Å². The highest BCUT2D eigenvalue weighted by molar-refractivity contribution is 5.67. The first-order valence-corrected chi connectivity index (χ1v) is 7.18. The molecule has 1 atom stereocenters. The van der Waals surface area contributed by atoms with Crippen LogP contribution in [0.25, 0.3) is 0 Å². The number of hydrogen-bond acceptors (Lipinski definition) is 3. The fourth-order valence-electron chi connectivity index (χ4n) is 3.33. The highest BCUT2D eigenvalue weighted by Crippen LogP contribution is 2.44. The standard InChI is InChI=1S/C16H21NO3/c1-16(2)8-13(12-5-3-4-6-14(12)20-16)17-9-11(10-17)7-15(18)19/h3-6,11,13H,7-10H2,1-2H3,(H,18,19). The summed E-state index contributed by atoms with van der Waals surface area (Å²) in [5.74, 6) is 0.573. The van der Waals surface area contributed by atoms with E-state index in [9.17, 15) is 4.79 Å². The lowest BCUT2D eigenvalue weighted by molar-refractivity contribution is -0.140. The van der Waals surface area contributed by atoms with E-state index in [0.717, 1.165) is 25.3 Å². The van der Waals surface area contributed by atoms with Crippen LogP contribution in [-0.2, 0) is 4.79 Å². The molecule has 1 aromatic rings. The number of rotatable bonds is 3. The Morgan fingerprint density at radius 3 is 2.80 bits per heavy atom. The van der Waals surface area contributed by atoms with Gasteiger partial charge in [0.1, 0.15) is 11.4 Å². The van der Waals surface area contributed by atoms with Crippen molar-refractivity contribution >= 4 is 5.97 Å². The van der Waals surface area contributed by atoms with Crippen LogP contribution in [0.1, 0.15) is 38.3 Å². The molecule has 2 aliphatic heterocycles. The second-order valence-corrected chi connectivity index (χ2v) is 6.54. The average molecular weight is 275 g/mol. The van der Waals surface area contributed by atoms with Gasteiger partial charge in [-0.05, 0) is 25.8 Å². The van der Waals surface area contributed by atoms with Gasteiger partial charge in [0, 0.05) is 31.1 Å². The number of aliphatic carboxylic acids is 1. The zero-order valence-electron chi connectivity index (χ0n) is 12.0. The van der Waals surface area contributed by atoms with Crippen LogP contribution in [0.2, 0.25) is 0 Å². The molecule has 2 aliphatic rings. The molecule has 1 fully saturated rings. The lowest BCUT2D eigenvalue weighted by atomic mass is 9.84. The zero-order chi connectivity index (χ0) is 14.3. The zero-order valence-corrected chi connectivity index (χ0v) is 12.0. The molecular formula is C16H21NO3.